The van der Waals surface area contributed by atoms with Crippen molar-refractivity contribution in [2.24, 2.45) is 15.9 Å². The Morgan fingerprint density at radius 2 is 1.64 bits per heavy atom. The van der Waals surface area contributed by atoms with Crippen LogP contribution in [0.2, 0.25) is 0 Å². The van der Waals surface area contributed by atoms with Gasteiger partial charge in [0.1, 0.15) is 12.1 Å². The minimum absolute atomic E-state index is 0.173. The van der Waals surface area contributed by atoms with Crippen molar-refractivity contribution in [2.75, 3.05) is 20.8 Å². The molecule has 0 bridgehead atoms. The standard InChI is InChI=1S/C17H22BrN3O4/c1-10(2)14-16(24-3)20-15(17(19-14)25-4)13(9-21(22)23)11-5-7-12(18)8-6-11/h5-8,10,13-15H,9H2,1-4H3/t13-,14-,15+/m0/s1. The van der Waals surface area contributed by atoms with Gasteiger partial charge in [-0.2, -0.15) is 0 Å². The first-order valence-corrected chi connectivity index (χ1v) is 8.77. The fourth-order valence-corrected chi connectivity index (χ4v) is 3.10. The Bertz CT molecular complexity index is 673. The molecule has 25 heavy (non-hydrogen) atoms. The fraction of sp³-hybridized carbons (Fsp3) is 0.529. The molecule has 3 atom stereocenters. The third-order valence-corrected chi connectivity index (χ3v) is 4.64. The number of aliphatic imine (C=N–C) groups is 2. The van der Waals surface area contributed by atoms with Crippen LogP contribution in [0.25, 0.3) is 0 Å². The molecular formula is C17H22BrN3O4. The van der Waals surface area contributed by atoms with Crippen molar-refractivity contribution in [1.82, 2.24) is 0 Å². The predicted molar refractivity (Wildman–Crippen MR) is 100 cm³/mol. The maximum Gasteiger partial charge on any atom is 0.213 e. The number of hydrogen-bond acceptors (Lipinski definition) is 6. The van der Waals surface area contributed by atoms with Crippen molar-refractivity contribution in [3.05, 3.63) is 44.4 Å². The zero-order chi connectivity index (χ0) is 18.6. The molecule has 7 nitrogen and oxygen atoms in total. The lowest BCUT2D eigenvalue weighted by atomic mass is 9.90. The summed E-state index contributed by atoms with van der Waals surface area (Å²) in [5.41, 5.74) is 0.803. The van der Waals surface area contributed by atoms with Gasteiger partial charge in [-0.05, 0) is 23.6 Å². The van der Waals surface area contributed by atoms with Gasteiger partial charge in [-0.25, -0.2) is 9.98 Å². The van der Waals surface area contributed by atoms with Crippen molar-refractivity contribution in [2.45, 2.75) is 31.8 Å². The minimum Gasteiger partial charge on any atom is -0.483 e. The summed E-state index contributed by atoms with van der Waals surface area (Å²) in [7, 11) is 3.06. The van der Waals surface area contributed by atoms with E-state index in [1.165, 1.54) is 7.11 Å². The molecule has 0 amide bonds. The first-order valence-electron chi connectivity index (χ1n) is 7.98. The van der Waals surface area contributed by atoms with E-state index in [4.69, 9.17) is 9.47 Å². The van der Waals surface area contributed by atoms with Gasteiger partial charge in [0.05, 0.1) is 20.1 Å². The third kappa shape index (κ3) is 4.56. The molecule has 0 saturated heterocycles. The zero-order valence-electron chi connectivity index (χ0n) is 14.7. The van der Waals surface area contributed by atoms with Gasteiger partial charge < -0.3 is 9.47 Å². The van der Waals surface area contributed by atoms with E-state index in [9.17, 15) is 10.1 Å². The summed E-state index contributed by atoms with van der Waals surface area (Å²) in [6, 6.07) is 6.56. The summed E-state index contributed by atoms with van der Waals surface area (Å²) in [6.07, 6.45) is 0. The Morgan fingerprint density at radius 3 is 2.12 bits per heavy atom. The molecule has 0 unspecified atom stereocenters. The van der Waals surface area contributed by atoms with Crippen LogP contribution < -0.4 is 0 Å². The summed E-state index contributed by atoms with van der Waals surface area (Å²) in [5, 5.41) is 11.2. The topological polar surface area (TPSA) is 86.3 Å². The summed E-state index contributed by atoms with van der Waals surface area (Å²) in [6.45, 7) is 3.75. The molecule has 8 heteroatoms. The van der Waals surface area contributed by atoms with E-state index in [-0.39, 0.29) is 23.4 Å². The first kappa shape index (κ1) is 19.4. The highest BCUT2D eigenvalue weighted by Crippen LogP contribution is 2.29. The van der Waals surface area contributed by atoms with E-state index >= 15 is 0 Å². The van der Waals surface area contributed by atoms with Crippen molar-refractivity contribution < 1.29 is 14.4 Å². The average Bonchev–Trinajstić information content (AvgIpc) is 2.59. The van der Waals surface area contributed by atoms with E-state index in [0.717, 1.165) is 10.0 Å². The molecular weight excluding hydrogens is 390 g/mol. The van der Waals surface area contributed by atoms with Crippen LogP contribution in [0.5, 0.6) is 0 Å². The Morgan fingerprint density at radius 1 is 1.12 bits per heavy atom. The maximum atomic E-state index is 11.2. The molecule has 1 aromatic rings. The number of methoxy groups -OCH3 is 2. The smallest absolute Gasteiger partial charge is 0.213 e. The van der Waals surface area contributed by atoms with Gasteiger partial charge in [-0.15, -0.1) is 0 Å². The number of ether oxygens (including phenoxy) is 2. The van der Waals surface area contributed by atoms with E-state index in [0.29, 0.717) is 11.8 Å². The van der Waals surface area contributed by atoms with Crippen LogP contribution >= 0.6 is 15.9 Å². The van der Waals surface area contributed by atoms with Crippen LogP contribution in [0.4, 0.5) is 0 Å². The van der Waals surface area contributed by atoms with Gasteiger partial charge in [0.2, 0.25) is 18.3 Å². The number of nitrogens with zero attached hydrogens (tertiary/aromatic N) is 3. The van der Waals surface area contributed by atoms with Gasteiger partial charge in [0, 0.05) is 9.40 Å². The molecule has 0 aromatic heterocycles. The molecule has 0 spiro atoms. The van der Waals surface area contributed by atoms with E-state index in [1.54, 1.807) is 7.11 Å². The molecule has 1 aromatic carbocycles. The van der Waals surface area contributed by atoms with Gasteiger partial charge >= 0.3 is 0 Å². The van der Waals surface area contributed by atoms with Crippen LogP contribution in [-0.2, 0) is 9.47 Å². The van der Waals surface area contributed by atoms with Crippen LogP contribution in [0.3, 0.4) is 0 Å². The van der Waals surface area contributed by atoms with Gasteiger partial charge in [0.15, 0.2) is 0 Å². The first-order chi connectivity index (χ1) is 11.9. The summed E-state index contributed by atoms with van der Waals surface area (Å²) in [5.74, 6) is 0.548. The second kappa shape index (κ2) is 8.42. The highest BCUT2D eigenvalue weighted by molar-refractivity contribution is 9.10. The molecule has 1 aliphatic rings. The van der Waals surface area contributed by atoms with Crippen molar-refractivity contribution in [3.8, 4) is 0 Å². The van der Waals surface area contributed by atoms with Crippen LogP contribution in [0, 0.1) is 16.0 Å². The van der Waals surface area contributed by atoms with Crippen molar-refractivity contribution in [3.63, 3.8) is 0 Å². The molecule has 2 rings (SSSR count). The Balaban J connectivity index is 2.47. The van der Waals surface area contributed by atoms with E-state index in [2.05, 4.69) is 25.9 Å². The Kier molecular flexibility index (Phi) is 6.52. The predicted octanol–water partition coefficient (Wildman–Crippen LogP) is 3.31. The highest BCUT2D eigenvalue weighted by Gasteiger charge is 2.38. The molecule has 0 fully saturated rings. The lowest BCUT2D eigenvalue weighted by Gasteiger charge is -2.30. The number of hydrogen-bond donors (Lipinski definition) is 0. The molecule has 0 radical (unpaired) electrons. The van der Waals surface area contributed by atoms with Crippen LogP contribution in [0.1, 0.15) is 25.3 Å². The normalized spacial score (nSPS) is 21.4. The van der Waals surface area contributed by atoms with Gasteiger partial charge in [0.25, 0.3) is 0 Å². The van der Waals surface area contributed by atoms with Gasteiger partial charge in [-0.3, -0.25) is 10.1 Å². The molecule has 0 N–H and O–H groups in total. The fourth-order valence-electron chi connectivity index (χ4n) is 2.84. The maximum absolute atomic E-state index is 11.2. The lowest BCUT2D eigenvalue weighted by Crippen LogP contribution is -2.41. The quantitative estimate of drug-likeness (QED) is 0.549. The van der Waals surface area contributed by atoms with Crippen LogP contribution in [-0.4, -0.2) is 49.6 Å². The highest BCUT2D eigenvalue weighted by atomic mass is 79.9. The number of rotatable bonds is 5. The van der Waals surface area contributed by atoms with Crippen molar-refractivity contribution in [1.29, 1.82) is 0 Å². The number of nitro groups is 1. The second-order valence-corrected chi connectivity index (χ2v) is 7.07. The number of halogens is 1. The lowest BCUT2D eigenvalue weighted by molar-refractivity contribution is -0.483. The molecule has 136 valence electrons. The van der Waals surface area contributed by atoms with Gasteiger partial charge in [-0.1, -0.05) is 41.9 Å². The monoisotopic (exact) mass is 411 g/mol. The second-order valence-electron chi connectivity index (χ2n) is 6.15. The summed E-state index contributed by atoms with van der Waals surface area (Å²) in [4.78, 5) is 20.2. The summed E-state index contributed by atoms with van der Waals surface area (Å²) >= 11 is 3.38. The third-order valence-electron chi connectivity index (χ3n) is 4.11. The summed E-state index contributed by atoms with van der Waals surface area (Å²) < 4.78 is 11.8. The molecule has 0 aliphatic carbocycles. The Hall–Kier alpha value is -1.96. The Labute approximate surface area is 155 Å². The molecule has 1 aliphatic heterocycles. The SMILES string of the molecule is COC1=N[C@H]([C@@H](C[N+](=O)[O-])c2ccc(Br)cc2)C(OC)=N[C@H]1C(C)C. The zero-order valence-corrected chi connectivity index (χ0v) is 16.3. The minimum atomic E-state index is -0.596. The largest absolute Gasteiger partial charge is 0.483 e. The van der Waals surface area contributed by atoms with Crippen LogP contribution in [0.15, 0.2) is 38.7 Å². The number of benzene rings is 1. The van der Waals surface area contributed by atoms with Crippen molar-refractivity contribution >= 4 is 27.7 Å². The molecule has 1 heterocycles. The van der Waals surface area contributed by atoms with E-state index < -0.39 is 12.0 Å². The molecule has 0 saturated carbocycles. The van der Waals surface area contributed by atoms with E-state index in [1.807, 2.05) is 38.1 Å². The average molecular weight is 412 g/mol.